The second kappa shape index (κ2) is 2.95. The molecule has 0 saturated carbocycles. The van der Waals surface area contributed by atoms with E-state index in [1.807, 2.05) is 0 Å². The summed E-state index contributed by atoms with van der Waals surface area (Å²) in [7, 11) is 0. The quantitative estimate of drug-likeness (QED) is 0.715. The molecule has 1 aliphatic heterocycles. The van der Waals surface area contributed by atoms with Crippen LogP contribution in [0.4, 0.5) is 4.39 Å². The highest BCUT2D eigenvalue weighted by molar-refractivity contribution is 5.92. The van der Waals surface area contributed by atoms with E-state index in [0.717, 1.165) is 6.07 Å². The van der Waals surface area contributed by atoms with Crippen LogP contribution in [0.2, 0.25) is 0 Å². The molecule has 2 rings (SSSR count). The number of hydrogen-bond acceptors (Lipinski definition) is 3. The fourth-order valence-corrected chi connectivity index (χ4v) is 1.44. The first kappa shape index (κ1) is 8.96. The summed E-state index contributed by atoms with van der Waals surface area (Å²) in [5.41, 5.74) is 2.82. The van der Waals surface area contributed by atoms with E-state index in [9.17, 15) is 9.18 Å². The number of rotatable bonds is 1. The van der Waals surface area contributed by atoms with Crippen molar-refractivity contribution in [1.29, 1.82) is 0 Å². The lowest BCUT2D eigenvalue weighted by Crippen LogP contribution is -2.13. The molecule has 0 amide bonds. The maximum absolute atomic E-state index is 13.1. The Balaban J connectivity index is 2.65. The van der Waals surface area contributed by atoms with Gasteiger partial charge in [0.05, 0.1) is 6.04 Å². The topological polar surface area (TPSA) is 58.6 Å². The number of halogens is 1. The van der Waals surface area contributed by atoms with Crippen molar-refractivity contribution in [2.75, 3.05) is 0 Å². The minimum absolute atomic E-state index is 0.0741. The molecular formula is C9H8FNO3. The van der Waals surface area contributed by atoms with Crippen LogP contribution >= 0.6 is 0 Å². The van der Waals surface area contributed by atoms with Gasteiger partial charge in [0.15, 0.2) is 5.75 Å². The van der Waals surface area contributed by atoms with Gasteiger partial charge < -0.3 is 9.94 Å². The van der Waals surface area contributed by atoms with Gasteiger partial charge in [0, 0.05) is 5.56 Å². The molecule has 1 aromatic carbocycles. The number of carboxylic acid groups (broad SMARTS) is 1. The van der Waals surface area contributed by atoms with Crippen LogP contribution < -0.4 is 10.3 Å². The smallest absolute Gasteiger partial charge is 0.342 e. The zero-order valence-electron chi connectivity index (χ0n) is 7.37. The van der Waals surface area contributed by atoms with Crippen LogP contribution in [0, 0.1) is 5.82 Å². The Labute approximate surface area is 79.3 Å². The van der Waals surface area contributed by atoms with E-state index in [1.165, 1.54) is 6.07 Å². The molecule has 0 radical (unpaired) electrons. The summed E-state index contributed by atoms with van der Waals surface area (Å²) in [6.07, 6.45) is 0. The van der Waals surface area contributed by atoms with Crippen molar-refractivity contribution >= 4 is 5.97 Å². The summed E-state index contributed by atoms with van der Waals surface area (Å²) in [5, 5.41) is 8.77. The molecule has 0 bridgehead atoms. The highest BCUT2D eigenvalue weighted by atomic mass is 19.1. The van der Waals surface area contributed by atoms with Gasteiger partial charge in [-0.25, -0.2) is 9.18 Å². The third kappa shape index (κ3) is 1.13. The Bertz CT molecular complexity index is 405. The Hall–Kier alpha value is -1.62. The molecule has 1 aliphatic rings. The van der Waals surface area contributed by atoms with Gasteiger partial charge in [-0.3, -0.25) is 0 Å². The molecule has 5 heteroatoms. The predicted octanol–water partition coefficient (Wildman–Crippen LogP) is 1.48. The van der Waals surface area contributed by atoms with E-state index in [2.05, 4.69) is 5.48 Å². The monoisotopic (exact) mass is 197 g/mol. The second-order valence-corrected chi connectivity index (χ2v) is 3.09. The van der Waals surface area contributed by atoms with Gasteiger partial charge in [-0.2, -0.15) is 0 Å². The highest BCUT2D eigenvalue weighted by Gasteiger charge is 2.28. The van der Waals surface area contributed by atoms with Crippen LogP contribution in [-0.4, -0.2) is 11.1 Å². The Morgan fingerprint density at radius 3 is 3.00 bits per heavy atom. The van der Waals surface area contributed by atoms with Crippen LogP contribution in [0.3, 0.4) is 0 Å². The number of benzene rings is 1. The largest absolute Gasteiger partial charge is 0.477 e. The molecule has 0 saturated heterocycles. The van der Waals surface area contributed by atoms with E-state index in [-0.39, 0.29) is 11.8 Å². The molecule has 0 fully saturated rings. The summed E-state index contributed by atoms with van der Waals surface area (Å²) in [4.78, 5) is 15.7. The zero-order valence-corrected chi connectivity index (χ0v) is 7.37. The Morgan fingerprint density at radius 1 is 1.64 bits per heavy atom. The van der Waals surface area contributed by atoms with Gasteiger partial charge in [0.1, 0.15) is 11.4 Å². The number of nitrogens with one attached hydrogen (secondary N) is 1. The van der Waals surface area contributed by atoms with Gasteiger partial charge >= 0.3 is 5.97 Å². The lowest BCUT2D eigenvalue weighted by atomic mass is 10.0. The fraction of sp³-hybridized carbons (Fsp3) is 0.222. The van der Waals surface area contributed by atoms with Gasteiger partial charge in [0.25, 0.3) is 0 Å². The lowest BCUT2D eigenvalue weighted by Gasteiger charge is -2.03. The molecule has 1 aromatic rings. The predicted molar refractivity (Wildman–Crippen MR) is 45.5 cm³/mol. The average Bonchev–Trinajstić information content (AvgIpc) is 2.47. The number of carboxylic acids is 1. The lowest BCUT2D eigenvalue weighted by molar-refractivity contribution is 0.0684. The molecule has 74 valence electrons. The van der Waals surface area contributed by atoms with Crippen molar-refractivity contribution in [3.8, 4) is 5.75 Å². The summed E-state index contributed by atoms with van der Waals surface area (Å²) in [6.45, 7) is 1.80. The van der Waals surface area contributed by atoms with Crippen LogP contribution in [-0.2, 0) is 0 Å². The molecule has 0 spiro atoms. The highest BCUT2D eigenvalue weighted by Crippen LogP contribution is 2.35. The third-order valence-electron chi connectivity index (χ3n) is 2.16. The van der Waals surface area contributed by atoms with Crippen LogP contribution in [0.1, 0.15) is 28.9 Å². The minimum atomic E-state index is -1.32. The number of hydrogen-bond donors (Lipinski definition) is 2. The number of aromatic carboxylic acids is 1. The van der Waals surface area contributed by atoms with Crippen LogP contribution in [0.5, 0.6) is 5.75 Å². The SMILES string of the molecule is CC1NOc2c1ccc(F)c2C(=O)O. The number of carbonyl (C=O) groups is 1. The van der Waals surface area contributed by atoms with Gasteiger partial charge in [-0.05, 0) is 13.0 Å². The van der Waals surface area contributed by atoms with Crippen molar-refractivity contribution in [3.63, 3.8) is 0 Å². The summed E-state index contributed by atoms with van der Waals surface area (Å²) in [6, 6.07) is 2.53. The molecular weight excluding hydrogens is 189 g/mol. The summed E-state index contributed by atoms with van der Waals surface area (Å²) >= 11 is 0. The molecule has 1 atom stereocenters. The summed E-state index contributed by atoms with van der Waals surface area (Å²) < 4.78 is 13.1. The number of hydroxylamine groups is 1. The van der Waals surface area contributed by atoms with Gasteiger partial charge in [0.2, 0.25) is 0 Å². The Morgan fingerprint density at radius 2 is 2.36 bits per heavy atom. The van der Waals surface area contributed by atoms with Crippen molar-refractivity contribution in [1.82, 2.24) is 5.48 Å². The van der Waals surface area contributed by atoms with Crippen molar-refractivity contribution in [2.24, 2.45) is 0 Å². The van der Waals surface area contributed by atoms with Gasteiger partial charge in [-0.15, -0.1) is 5.48 Å². The van der Waals surface area contributed by atoms with Crippen molar-refractivity contribution < 1.29 is 19.1 Å². The first-order chi connectivity index (χ1) is 6.61. The molecule has 4 nitrogen and oxygen atoms in total. The molecule has 1 unspecified atom stereocenters. The molecule has 0 aromatic heterocycles. The van der Waals surface area contributed by atoms with Crippen molar-refractivity contribution in [2.45, 2.75) is 13.0 Å². The fourth-order valence-electron chi connectivity index (χ4n) is 1.44. The molecule has 1 heterocycles. The standard InChI is InChI=1S/C9H8FNO3/c1-4-5-2-3-6(10)7(9(12)13)8(5)14-11-4/h2-4,11H,1H3,(H,12,13). The van der Waals surface area contributed by atoms with Crippen molar-refractivity contribution in [3.05, 3.63) is 29.1 Å². The molecule has 2 N–H and O–H groups in total. The maximum Gasteiger partial charge on any atom is 0.342 e. The van der Waals surface area contributed by atoms with E-state index in [0.29, 0.717) is 5.56 Å². The first-order valence-corrected chi connectivity index (χ1v) is 4.09. The van der Waals surface area contributed by atoms with E-state index < -0.39 is 17.3 Å². The summed E-state index contributed by atoms with van der Waals surface area (Å²) in [5.74, 6) is -2.03. The first-order valence-electron chi connectivity index (χ1n) is 4.09. The van der Waals surface area contributed by atoms with E-state index in [1.54, 1.807) is 6.92 Å². The van der Waals surface area contributed by atoms with Gasteiger partial charge in [-0.1, -0.05) is 6.07 Å². The normalized spacial score (nSPS) is 18.9. The molecule has 0 aliphatic carbocycles. The maximum atomic E-state index is 13.1. The van der Waals surface area contributed by atoms with Crippen LogP contribution in [0.15, 0.2) is 12.1 Å². The van der Waals surface area contributed by atoms with E-state index in [4.69, 9.17) is 9.94 Å². The van der Waals surface area contributed by atoms with Crippen LogP contribution in [0.25, 0.3) is 0 Å². The average molecular weight is 197 g/mol. The van der Waals surface area contributed by atoms with E-state index >= 15 is 0 Å². The molecule has 14 heavy (non-hydrogen) atoms. The minimum Gasteiger partial charge on any atom is -0.477 e. The zero-order chi connectivity index (χ0) is 10.3. The second-order valence-electron chi connectivity index (χ2n) is 3.09. The Kier molecular flexibility index (Phi) is 1.89. The third-order valence-corrected chi connectivity index (χ3v) is 2.16. The number of fused-ring (bicyclic) bond motifs is 1.